The Bertz CT molecular complexity index is 300. The van der Waals surface area contributed by atoms with Gasteiger partial charge in [0.15, 0.2) is 6.10 Å². The third-order valence-electron chi connectivity index (χ3n) is 1.49. The van der Waals surface area contributed by atoms with Crippen molar-refractivity contribution in [3.8, 4) is 0 Å². The summed E-state index contributed by atoms with van der Waals surface area (Å²) in [6.45, 7) is 2.18. The molecule has 0 aromatic carbocycles. The summed E-state index contributed by atoms with van der Waals surface area (Å²) in [6, 6.07) is 0. The first kappa shape index (κ1) is 10.7. The van der Waals surface area contributed by atoms with Gasteiger partial charge in [-0.15, -0.1) is 0 Å². The molecule has 72 valence electrons. The Morgan fingerprint density at radius 2 is 2.46 bits per heavy atom. The van der Waals surface area contributed by atoms with Gasteiger partial charge >= 0.3 is 0 Å². The topological polar surface area (TPSA) is 53.3 Å². The van der Waals surface area contributed by atoms with E-state index in [-0.39, 0.29) is 5.90 Å². The lowest BCUT2D eigenvalue weighted by atomic mass is 10.2. The highest BCUT2D eigenvalue weighted by Crippen LogP contribution is 2.27. The zero-order chi connectivity index (χ0) is 9.84. The van der Waals surface area contributed by atoms with Gasteiger partial charge in [-0.25, -0.2) is 0 Å². The van der Waals surface area contributed by atoms with Crippen molar-refractivity contribution < 1.29 is 9.84 Å². The van der Waals surface area contributed by atoms with E-state index in [1.54, 1.807) is 12.3 Å². The second kappa shape index (κ2) is 4.74. The lowest BCUT2D eigenvalue weighted by Crippen LogP contribution is -2.14. The summed E-state index contributed by atoms with van der Waals surface area (Å²) in [5.74, 6) is -0.110. The number of aliphatic hydroxyl groups excluding tert-OH is 1. The molecule has 1 aromatic heterocycles. The van der Waals surface area contributed by atoms with Gasteiger partial charge in [-0.05, 0) is 28.2 Å². The minimum absolute atomic E-state index is 0.110. The average Bonchev–Trinajstić information content (AvgIpc) is 2.50. The van der Waals surface area contributed by atoms with E-state index in [1.807, 2.05) is 5.38 Å². The molecule has 5 heteroatoms. The van der Waals surface area contributed by atoms with E-state index in [9.17, 15) is 5.11 Å². The normalized spacial score (nSPS) is 12.5. The van der Waals surface area contributed by atoms with Gasteiger partial charge < -0.3 is 9.84 Å². The highest BCUT2D eigenvalue weighted by Gasteiger charge is 2.17. The van der Waals surface area contributed by atoms with Gasteiger partial charge in [0.05, 0.1) is 6.61 Å². The summed E-state index contributed by atoms with van der Waals surface area (Å²) in [6.07, 6.45) is -0.958. The maximum Gasteiger partial charge on any atom is 0.215 e. The summed E-state index contributed by atoms with van der Waals surface area (Å²) in [4.78, 5) is 0. The SMILES string of the molecule is CCOC(=N)C(O)c1cscc1Br. The fourth-order valence-corrected chi connectivity index (χ4v) is 2.39. The standard InChI is InChI=1S/C8H10BrNO2S/c1-2-12-8(10)7(11)5-3-13-4-6(5)9/h3-4,7,10-11H,2H2,1H3. The molecular formula is C8H10BrNO2S. The van der Waals surface area contributed by atoms with Crippen molar-refractivity contribution in [1.29, 1.82) is 5.41 Å². The van der Waals surface area contributed by atoms with Crippen LogP contribution in [0.3, 0.4) is 0 Å². The molecule has 0 aliphatic rings. The van der Waals surface area contributed by atoms with E-state index < -0.39 is 6.10 Å². The minimum atomic E-state index is -0.958. The van der Waals surface area contributed by atoms with Crippen LogP contribution in [-0.2, 0) is 4.74 Å². The predicted octanol–water partition coefficient (Wildman–Crippen LogP) is 2.56. The summed E-state index contributed by atoms with van der Waals surface area (Å²) in [5, 5.41) is 20.6. The van der Waals surface area contributed by atoms with Crippen LogP contribution in [-0.4, -0.2) is 17.6 Å². The highest BCUT2D eigenvalue weighted by molar-refractivity contribution is 9.10. The molecule has 1 heterocycles. The Balaban J connectivity index is 2.73. The van der Waals surface area contributed by atoms with Gasteiger partial charge in [0.25, 0.3) is 0 Å². The zero-order valence-corrected chi connectivity index (χ0v) is 9.48. The number of aliphatic hydroxyl groups is 1. The van der Waals surface area contributed by atoms with Gasteiger partial charge in [-0.1, -0.05) is 0 Å². The van der Waals surface area contributed by atoms with E-state index in [1.165, 1.54) is 11.3 Å². The maximum absolute atomic E-state index is 9.62. The molecule has 13 heavy (non-hydrogen) atoms. The molecule has 0 fully saturated rings. The molecule has 0 spiro atoms. The van der Waals surface area contributed by atoms with Crippen LogP contribution in [0.1, 0.15) is 18.6 Å². The van der Waals surface area contributed by atoms with Gasteiger partial charge in [0.2, 0.25) is 5.90 Å². The van der Waals surface area contributed by atoms with E-state index in [0.29, 0.717) is 12.2 Å². The van der Waals surface area contributed by atoms with Gasteiger partial charge in [0.1, 0.15) is 0 Å². The van der Waals surface area contributed by atoms with E-state index in [2.05, 4.69) is 15.9 Å². The number of hydrogen-bond acceptors (Lipinski definition) is 4. The molecule has 1 rings (SSSR count). The fourth-order valence-electron chi connectivity index (χ4n) is 0.862. The van der Waals surface area contributed by atoms with Crippen LogP contribution in [0.2, 0.25) is 0 Å². The lowest BCUT2D eigenvalue weighted by molar-refractivity contribution is 0.190. The van der Waals surface area contributed by atoms with Gasteiger partial charge in [-0.3, -0.25) is 5.41 Å². The average molecular weight is 264 g/mol. The van der Waals surface area contributed by atoms with Crippen molar-refractivity contribution in [3.63, 3.8) is 0 Å². The van der Waals surface area contributed by atoms with Gasteiger partial charge in [-0.2, -0.15) is 11.3 Å². The molecule has 0 bridgehead atoms. The number of rotatable bonds is 3. The van der Waals surface area contributed by atoms with Crippen LogP contribution >= 0.6 is 27.3 Å². The van der Waals surface area contributed by atoms with Crippen LogP contribution in [0, 0.1) is 5.41 Å². The van der Waals surface area contributed by atoms with Crippen molar-refractivity contribution in [2.24, 2.45) is 0 Å². The molecule has 3 nitrogen and oxygen atoms in total. The van der Waals surface area contributed by atoms with Crippen molar-refractivity contribution in [2.75, 3.05) is 6.61 Å². The molecule has 0 radical (unpaired) electrons. The van der Waals surface area contributed by atoms with E-state index in [0.717, 1.165) is 4.47 Å². The quantitative estimate of drug-likeness (QED) is 0.651. The Hall–Kier alpha value is -0.390. The molecule has 1 atom stereocenters. The monoisotopic (exact) mass is 263 g/mol. The molecular weight excluding hydrogens is 254 g/mol. The van der Waals surface area contributed by atoms with Crippen molar-refractivity contribution in [2.45, 2.75) is 13.0 Å². The number of hydrogen-bond donors (Lipinski definition) is 2. The molecule has 0 saturated heterocycles. The van der Waals surface area contributed by atoms with Crippen LogP contribution < -0.4 is 0 Å². The van der Waals surface area contributed by atoms with Crippen molar-refractivity contribution in [1.82, 2.24) is 0 Å². The Morgan fingerprint density at radius 3 is 2.92 bits per heavy atom. The smallest absolute Gasteiger partial charge is 0.215 e. The van der Waals surface area contributed by atoms with Crippen molar-refractivity contribution in [3.05, 3.63) is 20.8 Å². The highest BCUT2D eigenvalue weighted by atomic mass is 79.9. The van der Waals surface area contributed by atoms with Crippen LogP contribution in [0.5, 0.6) is 0 Å². The van der Waals surface area contributed by atoms with E-state index in [4.69, 9.17) is 10.1 Å². The minimum Gasteiger partial charge on any atom is -0.479 e. The third kappa shape index (κ3) is 2.52. The molecule has 2 N–H and O–H groups in total. The fraction of sp³-hybridized carbons (Fsp3) is 0.375. The van der Waals surface area contributed by atoms with Crippen molar-refractivity contribution >= 4 is 33.2 Å². The summed E-state index contributed by atoms with van der Waals surface area (Å²) < 4.78 is 5.71. The van der Waals surface area contributed by atoms with Crippen LogP contribution in [0.25, 0.3) is 0 Å². The third-order valence-corrected chi connectivity index (χ3v) is 3.24. The molecule has 0 aliphatic carbocycles. The first-order valence-corrected chi connectivity index (χ1v) is 5.51. The second-order valence-corrected chi connectivity index (χ2v) is 3.97. The number of nitrogens with one attached hydrogen (secondary N) is 1. The first-order valence-electron chi connectivity index (χ1n) is 3.77. The summed E-state index contributed by atoms with van der Waals surface area (Å²) in [7, 11) is 0. The molecule has 0 amide bonds. The second-order valence-electron chi connectivity index (χ2n) is 2.37. The number of thiophene rings is 1. The van der Waals surface area contributed by atoms with Crippen LogP contribution in [0.4, 0.5) is 0 Å². The molecule has 1 unspecified atom stereocenters. The Morgan fingerprint density at radius 1 is 1.77 bits per heavy atom. The largest absolute Gasteiger partial charge is 0.479 e. The molecule has 0 aliphatic heterocycles. The Kier molecular flexibility index (Phi) is 3.90. The number of ether oxygens (including phenoxy) is 1. The van der Waals surface area contributed by atoms with Gasteiger partial charge in [0, 0.05) is 15.4 Å². The predicted molar refractivity (Wildman–Crippen MR) is 56.3 cm³/mol. The number of halogens is 1. The lowest BCUT2D eigenvalue weighted by Gasteiger charge is -2.11. The molecule has 0 saturated carbocycles. The molecule has 1 aromatic rings. The first-order chi connectivity index (χ1) is 6.16. The van der Waals surface area contributed by atoms with Crippen LogP contribution in [0.15, 0.2) is 15.2 Å². The Labute approximate surface area is 89.0 Å². The van der Waals surface area contributed by atoms with E-state index >= 15 is 0 Å². The maximum atomic E-state index is 9.62. The summed E-state index contributed by atoms with van der Waals surface area (Å²) >= 11 is 4.76. The summed E-state index contributed by atoms with van der Waals surface area (Å²) in [5.41, 5.74) is 0.684. The zero-order valence-electron chi connectivity index (χ0n) is 7.08.